The number of furan rings is 1. The number of nitrogens with zero attached hydrogens (tertiary/aromatic N) is 4. The van der Waals surface area contributed by atoms with Gasteiger partial charge < -0.3 is 13.6 Å². The smallest absolute Gasteiger partial charge is 0.145 e. The molecule has 5 heteroatoms. The van der Waals surface area contributed by atoms with Crippen LogP contribution in [0.25, 0.3) is 110 Å². The zero-order chi connectivity index (χ0) is 34.6. The summed E-state index contributed by atoms with van der Waals surface area (Å²) in [6.07, 6.45) is 1.84. The quantitative estimate of drug-likeness (QED) is 0.175. The summed E-state index contributed by atoms with van der Waals surface area (Å²) in [5.74, 6) is 0. The number of fused-ring (bicyclic) bond motifs is 13. The molecule has 0 bridgehead atoms. The number of hydrogen-bond acceptors (Lipinski definition) is 3. The number of para-hydroxylation sites is 5. The molecule has 5 aromatic heterocycles. The summed E-state index contributed by atoms with van der Waals surface area (Å²) in [6.45, 7) is 0. The summed E-state index contributed by atoms with van der Waals surface area (Å²) in [6, 6.07) is 58.3. The van der Waals surface area contributed by atoms with Gasteiger partial charge in [-0.25, -0.2) is 4.98 Å². The maximum absolute atomic E-state index is 6.65. The lowest BCUT2D eigenvalue weighted by Crippen LogP contribution is -2.01. The van der Waals surface area contributed by atoms with E-state index in [2.05, 4.69) is 155 Å². The average molecular weight is 677 g/mol. The highest BCUT2D eigenvalue weighted by atomic mass is 16.3. The molecule has 12 aromatic rings. The summed E-state index contributed by atoms with van der Waals surface area (Å²) in [7, 11) is 0. The van der Waals surface area contributed by atoms with Gasteiger partial charge in [0, 0.05) is 60.8 Å². The van der Waals surface area contributed by atoms with Gasteiger partial charge in [-0.05, 0) is 66.7 Å². The third-order valence-corrected chi connectivity index (χ3v) is 10.9. The van der Waals surface area contributed by atoms with Crippen molar-refractivity contribution in [1.82, 2.24) is 19.1 Å². The van der Waals surface area contributed by atoms with Crippen molar-refractivity contribution in [2.45, 2.75) is 0 Å². The van der Waals surface area contributed by atoms with E-state index in [9.17, 15) is 0 Å². The molecule has 0 aliphatic rings. The Labute approximate surface area is 302 Å². The minimum absolute atomic E-state index is 0.823. The third kappa shape index (κ3) is 3.96. The third-order valence-electron chi connectivity index (χ3n) is 10.9. The van der Waals surface area contributed by atoms with Crippen LogP contribution in [0.1, 0.15) is 0 Å². The van der Waals surface area contributed by atoms with E-state index in [0.717, 1.165) is 88.4 Å². The van der Waals surface area contributed by atoms with Gasteiger partial charge in [0.2, 0.25) is 0 Å². The summed E-state index contributed by atoms with van der Waals surface area (Å²) < 4.78 is 11.4. The lowest BCUT2D eigenvalue weighted by molar-refractivity contribution is 0.673. The van der Waals surface area contributed by atoms with Crippen molar-refractivity contribution in [2.24, 2.45) is 0 Å². The normalized spacial score (nSPS) is 12.2. The number of benzene rings is 7. The molecular formula is C48H28N4O. The van der Waals surface area contributed by atoms with Crippen molar-refractivity contribution in [2.75, 3.05) is 0 Å². The van der Waals surface area contributed by atoms with Gasteiger partial charge in [-0.2, -0.15) is 0 Å². The van der Waals surface area contributed by atoms with Gasteiger partial charge in [0.05, 0.1) is 38.7 Å². The van der Waals surface area contributed by atoms with E-state index in [4.69, 9.17) is 14.4 Å². The van der Waals surface area contributed by atoms with Gasteiger partial charge in [-0.15, -0.1) is 0 Å². The number of aromatic nitrogens is 4. The molecule has 0 radical (unpaired) electrons. The van der Waals surface area contributed by atoms with E-state index in [0.29, 0.717) is 0 Å². The van der Waals surface area contributed by atoms with Crippen LogP contribution in [0.2, 0.25) is 0 Å². The van der Waals surface area contributed by atoms with Gasteiger partial charge >= 0.3 is 0 Å². The first-order valence-corrected chi connectivity index (χ1v) is 17.9. The van der Waals surface area contributed by atoms with Gasteiger partial charge in [-0.1, -0.05) is 97.1 Å². The molecule has 0 saturated carbocycles. The molecule has 246 valence electrons. The van der Waals surface area contributed by atoms with Gasteiger partial charge in [0.15, 0.2) is 0 Å². The predicted octanol–water partition coefficient (Wildman–Crippen LogP) is 12.5. The monoisotopic (exact) mass is 676 g/mol. The molecule has 0 aliphatic carbocycles. The number of rotatable bonds is 3. The Morgan fingerprint density at radius 2 is 0.943 bits per heavy atom. The molecule has 0 aliphatic heterocycles. The van der Waals surface area contributed by atoms with Crippen LogP contribution in [-0.4, -0.2) is 19.1 Å². The summed E-state index contributed by atoms with van der Waals surface area (Å²) in [4.78, 5) is 10.3. The Morgan fingerprint density at radius 1 is 0.434 bits per heavy atom. The number of pyridine rings is 2. The van der Waals surface area contributed by atoms with Crippen molar-refractivity contribution in [1.29, 1.82) is 0 Å². The van der Waals surface area contributed by atoms with Gasteiger partial charge in [0.25, 0.3) is 0 Å². The summed E-state index contributed by atoms with van der Waals surface area (Å²) in [5, 5.41) is 9.02. The Kier molecular flexibility index (Phi) is 5.71. The maximum atomic E-state index is 6.65. The first-order valence-electron chi connectivity index (χ1n) is 17.9. The van der Waals surface area contributed by atoms with E-state index < -0.39 is 0 Å². The van der Waals surface area contributed by atoms with E-state index in [1.54, 1.807) is 0 Å². The molecule has 0 N–H and O–H groups in total. The Bertz CT molecular complexity index is 3240. The predicted molar refractivity (Wildman–Crippen MR) is 218 cm³/mol. The average Bonchev–Trinajstić information content (AvgIpc) is 3.88. The fourth-order valence-electron chi connectivity index (χ4n) is 8.69. The lowest BCUT2D eigenvalue weighted by Gasteiger charge is -2.17. The molecule has 0 saturated heterocycles. The molecular weight excluding hydrogens is 649 g/mol. The molecule has 53 heavy (non-hydrogen) atoms. The molecule has 0 amide bonds. The number of hydrogen-bond donors (Lipinski definition) is 0. The van der Waals surface area contributed by atoms with Crippen LogP contribution < -0.4 is 0 Å². The second-order valence-electron chi connectivity index (χ2n) is 13.8. The maximum Gasteiger partial charge on any atom is 0.145 e. The molecule has 0 atom stereocenters. The van der Waals surface area contributed by atoms with Crippen LogP contribution >= 0.6 is 0 Å². The standard InChI is InChI=1S/C48H28N4O/c1-6-18-40-32(12-1)33-13-2-7-19-41(33)51(40)30-26-29(27-31(28-30)52-42-20-8-3-14-34(42)35-15-4-9-21-43(35)52)46-38-24-23-37-36-16-5-10-22-44(36)53-48(37)45(38)47-39(50-46)17-11-25-49-47/h1-28H. The van der Waals surface area contributed by atoms with Crippen molar-refractivity contribution >= 4 is 87.4 Å². The highest BCUT2D eigenvalue weighted by Crippen LogP contribution is 2.42. The van der Waals surface area contributed by atoms with E-state index in [1.165, 1.54) is 21.5 Å². The van der Waals surface area contributed by atoms with Crippen LogP contribution in [0.3, 0.4) is 0 Å². The van der Waals surface area contributed by atoms with Crippen LogP contribution in [0, 0.1) is 0 Å². The highest BCUT2D eigenvalue weighted by molar-refractivity contribution is 6.24. The van der Waals surface area contributed by atoms with Crippen LogP contribution in [-0.2, 0) is 0 Å². The Balaban J connectivity index is 1.25. The summed E-state index contributed by atoms with van der Waals surface area (Å²) in [5.41, 5.74) is 12.0. The first-order chi connectivity index (χ1) is 26.3. The zero-order valence-electron chi connectivity index (χ0n) is 28.4. The fourth-order valence-corrected chi connectivity index (χ4v) is 8.69. The van der Waals surface area contributed by atoms with Gasteiger partial charge in [-0.3, -0.25) is 4.98 Å². The van der Waals surface area contributed by atoms with E-state index >= 15 is 0 Å². The topological polar surface area (TPSA) is 48.8 Å². The van der Waals surface area contributed by atoms with Crippen molar-refractivity contribution in [3.8, 4) is 22.6 Å². The van der Waals surface area contributed by atoms with Crippen LogP contribution in [0.4, 0.5) is 0 Å². The fraction of sp³-hybridized carbons (Fsp3) is 0. The molecule has 0 spiro atoms. The SMILES string of the molecule is c1cnc2c(c1)nc(-c1cc(-n3c4ccccc4c4ccccc43)cc(-n3c4ccccc4c4ccccc43)c1)c1ccc3c4ccccc4oc3c12. The second-order valence-corrected chi connectivity index (χ2v) is 13.8. The highest BCUT2D eigenvalue weighted by Gasteiger charge is 2.21. The molecule has 7 aromatic carbocycles. The lowest BCUT2D eigenvalue weighted by atomic mass is 9.99. The Hall–Kier alpha value is -7.24. The van der Waals surface area contributed by atoms with Crippen LogP contribution in [0.5, 0.6) is 0 Å². The zero-order valence-corrected chi connectivity index (χ0v) is 28.4. The van der Waals surface area contributed by atoms with Crippen molar-refractivity contribution in [3.05, 3.63) is 170 Å². The van der Waals surface area contributed by atoms with Crippen molar-refractivity contribution < 1.29 is 4.42 Å². The van der Waals surface area contributed by atoms with E-state index in [-0.39, 0.29) is 0 Å². The van der Waals surface area contributed by atoms with Crippen molar-refractivity contribution in [3.63, 3.8) is 0 Å². The minimum Gasteiger partial charge on any atom is -0.455 e. The molecule has 12 rings (SSSR count). The molecule has 0 fully saturated rings. The molecule has 5 heterocycles. The molecule has 5 nitrogen and oxygen atoms in total. The largest absolute Gasteiger partial charge is 0.455 e. The Morgan fingerprint density at radius 3 is 1.53 bits per heavy atom. The summed E-state index contributed by atoms with van der Waals surface area (Å²) >= 11 is 0. The molecule has 0 unspecified atom stereocenters. The van der Waals surface area contributed by atoms with Crippen LogP contribution in [0.15, 0.2) is 174 Å². The minimum atomic E-state index is 0.823. The first kappa shape index (κ1) is 28.5. The van der Waals surface area contributed by atoms with Gasteiger partial charge in [0.1, 0.15) is 16.7 Å². The van der Waals surface area contributed by atoms with E-state index in [1.807, 2.05) is 24.4 Å². The second kappa shape index (κ2) is 10.6.